The monoisotopic (exact) mass is 362 g/mol. The Morgan fingerprint density at radius 2 is 1.80 bits per heavy atom. The molecular formula is C19H23ClN2O3. The molecule has 1 amide bonds. The number of benzene rings is 2. The largest absolute Gasteiger partial charge is 0.495 e. The van der Waals surface area contributed by atoms with Gasteiger partial charge < -0.3 is 20.1 Å². The van der Waals surface area contributed by atoms with Crippen LogP contribution in [0, 0.1) is 13.8 Å². The summed E-state index contributed by atoms with van der Waals surface area (Å²) < 4.78 is 10.4. The van der Waals surface area contributed by atoms with E-state index >= 15 is 0 Å². The van der Waals surface area contributed by atoms with Crippen LogP contribution < -0.4 is 20.1 Å². The Morgan fingerprint density at radius 1 is 1.08 bits per heavy atom. The van der Waals surface area contributed by atoms with Crippen molar-refractivity contribution in [3.8, 4) is 11.5 Å². The lowest BCUT2D eigenvalue weighted by atomic mass is 10.1. The van der Waals surface area contributed by atoms with Crippen LogP contribution in [0.1, 0.15) is 17.5 Å². The van der Waals surface area contributed by atoms with Crippen LogP contribution in [0.2, 0.25) is 5.02 Å². The van der Waals surface area contributed by atoms with Gasteiger partial charge in [0.1, 0.15) is 11.5 Å². The fraction of sp³-hybridized carbons (Fsp3) is 0.316. The molecule has 2 rings (SSSR count). The van der Waals surface area contributed by atoms with Crippen molar-refractivity contribution in [2.24, 2.45) is 0 Å². The van der Waals surface area contributed by atoms with E-state index in [9.17, 15) is 4.79 Å². The molecule has 6 heteroatoms. The van der Waals surface area contributed by atoms with Gasteiger partial charge in [-0.1, -0.05) is 23.7 Å². The van der Waals surface area contributed by atoms with E-state index in [1.165, 1.54) is 25.3 Å². The lowest BCUT2D eigenvalue weighted by Gasteiger charge is -2.14. The van der Waals surface area contributed by atoms with E-state index in [4.69, 9.17) is 21.1 Å². The first-order valence-electron chi connectivity index (χ1n) is 7.97. The minimum atomic E-state index is -0.125. The van der Waals surface area contributed by atoms with E-state index < -0.39 is 0 Å². The fourth-order valence-electron chi connectivity index (χ4n) is 2.42. The normalized spacial score (nSPS) is 10.3. The second kappa shape index (κ2) is 8.62. The Hall–Kier alpha value is -2.40. The van der Waals surface area contributed by atoms with E-state index in [-0.39, 0.29) is 5.91 Å². The summed E-state index contributed by atoms with van der Waals surface area (Å²) in [7, 11) is 3.04. The Bertz CT molecular complexity index is 763. The molecule has 5 nitrogen and oxygen atoms in total. The van der Waals surface area contributed by atoms with Crippen molar-refractivity contribution in [3.63, 3.8) is 0 Å². The molecule has 0 aliphatic rings. The minimum Gasteiger partial charge on any atom is -0.495 e. The van der Waals surface area contributed by atoms with Crippen molar-refractivity contribution >= 4 is 28.9 Å². The predicted octanol–water partition coefficient (Wildman–Crippen LogP) is 4.41. The van der Waals surface area contributed by atoms with Crippen LogP contribution in [-0.4, -0.2) is 26.7 Å². The molecule has 0 atom stereocenters. The molecule has 0 bridgehead atoms. The lowest BCUT2D eigenvalue weighted by molar-refractivity contribution is -0.116. The average Bonchev–Trinajstić information content (AvgIpc) is 2.59. The second-order valence-corrected chi connectivity index (χ2v) is 6.07. The van der Waals surface area contributed by atoms with Crippen molar-refractivity contribution in [2.75, 3.05) is 31.4 Å². The van der Waals surface area contributed by atoms with Crippen molar-refractivity contribution < 1.29 is 14.3 Å². The van der Waals surface area contributed by atoms with Gasteiger partial charge in [0.05, 0.1) is 24.9 Å². The van der Waals surface area contributed by atoms with E-state index in [2.05, 4.69) is 30.5 Å². The highest BCUT2D eigenvalue weighted by Crippen LogP contribution is 2.35. The molecule has 0 aromatic heterocycles. The topological polar surface area (TPSA) is 59.6 Å². The number of methoxy groups -OCH3 is 2. The Balaban J connectivity index is 1.97. The summed E-state index contributed by atoms with van der Waals surface area (Å²) >= 11 is 6.07. The van der Waals surface area contributed by atoms with Crippen LogP contribution in [0.3, 0.4) is 0 Å². The molecule has 134 valence electrons. The van der Waals surface area contributed by atoms with Gasteiger partial charge in [-0.2, -0.15) is 0 Å². The van der Waals surface area contributed by atoms with Crippen molar-refractivity contribution in [1.29, 1.82) is 0 Å². The molecule has 2 aromatic carbocycles. The van der Waals surface area contributed by atoms with E-state index in [1.807, 2.05) is 12.1 Å². The van der Waals surface area contributed by atoms with Crippen LogP contribution >= 0.6 is 11.6 Å². The van der Waals surface area contributed by atoms with Crippen molar-refractivity contribution in [1.82, 2.24) is 0 Å². The summed E-state index contributed by atoms with van der Waals surface area (Å²) in [6.45, 7) is 4.65. The highest BCUT2D eigenvalue weighted by atomic mass is 35.5. The number of amides is 1. The van der Waals surface area contributed by atoms with Crippen LogP contribution in [-0.2, 0) is 4.79 Å². The number of carbonyl (C=O) groups is 1. The Morgan fingerprint density at radius 3 is 2.48 bits per heavy atom. The maximum atomic E-state index is 12.2. The van der Waals surface area contributed by atoms with Gasteiger partial charge in [-0.15, -0.1) is 0 Å². The molecule has 2 aromatic rings. The standard InChI is InChI=1S/C19H23ClN2O3/c1-12-6-5-7-15(13(12)2)21-9-8-19(23)22-16-11-17(24-3)14(20)10-18(16)25-4/h5-7,10-11,21H,8-9H2,1-4H3,(H,22,23). The van der Waals surface area contributed by atoms with Crippen molar-refractivity contribution in [3.05, 3.63) is 46.5 Å². The zero-order chi connectivity index (χ0) is 18.4. The number of aryl methyl sites for hydroxylation is 1. The molecule has 0 heterocycles. The van der Waals surface area contributed by atoms with Crippen LogP contribution in [0.4, 0.5) is 11.4 Å². The Labute approximate surface area is 153 Å². The molecule has 0 fully saturated rings. The molecule has 25 heavy (non-hydrogen) atoms. The van der Waals surface area contributed by atoms with E-state index in [0.717, 1.165) is 5.69 Å². The predicted molar refractivity (Wildman–Crippen MR) is 102 cm³/mol. The first-order chi connectivity index (χ1) is 12.0. The van der Waals surface area contributed by atoms with Crippen LogP contribution in [0.25, 0.3) is 0 Å². The minimum absolute atomic E-state index is 0.125. The van der Waals surface area contributed by atoms with Gasteiger partial charge in [-0.3, -0.25) is 4.79 Å². The van der Waals surface area contributed by atoms with Crippen LogP contribution in [0.5, 0.6) is 11.5 Å². The number of hydrogen-bond acceptors (Lipinski definition) is 4. The molecule has 0 aliphatic carbocycles. The van der Waals surface area contributed by atoms with Gasteiger partial charge in [0, 0.05) is 30.8 Å². The van der Waals surface area contributed by atoms with E-state index in [0.29, 0.717) is 35.2 Å². The maximum absolute atomic E-state index is 12.2. The number of hydrogen-bond donors (Lipinski definition) is 2. The summed E-state index contributed by atoms with van der Waals surface area (Å²) in [6, 6.07) is 9.33. The van der Waals surface area contributed by atoms with Crippen LogP contribution in [0.15, 0.2) is 30.3 Å². The smallest absolute Gasteiger partial charge is 0.226 e. The quantitative estimate of drug-likeness (QED) is 0.765. The highest BCUT2D eigenvalue weighted by Gasteiger charge is 2.12. The number of halogens is 1. The SMILES string of the molecule is COc1cc(NC(=O)CCNc2cccc(C)c2C)c(OC)cc1Cl. The summed E-state index contributed by atoms with van der Waals surface area (Å²) in [6.07, 6.45) is 0.321. The summed E-state index contributed by atoms with van der Waals surface area (Å²) in [5.41, 5.74) is 3.97. The summed E-state index contributed by atoms with van der Waals surface area (Å²) in [4.78, 5) is 12.2. The molecule has 0 saturated heterocycles. The Kier molecular flexibility index (Phi) is 6.53. The zero-order valence-corrected chi connectivity index (χ0v) is 15.7. The number of carbonyl (C=O) groups excluding carboxylic acids is 1. The average molecular weight is 363 g/mol. The summed E-state index contributed by atoms with van der Waals surface area (Å²) in [5, 5.41) is 6.55. The maximum Gasteiger partial charge on any atom is 0.226 e. The zero-order valence-electron chi connectivity index (χ0n) is 14.9. The third-order valence-corrected chi connectivity index (χ3v) is 4.32. The van der Waals surface area contributed by atoms with Gasteiger partial charge in [-0.05, 0) is 31.0 Å². The van der Waals surface area contributed by atoms with Gasteiger partial charge in [-0.25, -0.2) is 0 Å². The first-order valence-corrected chi connectivity index (χ1v) is 8.35. The van der Waals surface area contributed by atoms with Gasteiger partial charge in [0.15, 0.2) is 0 Å². The molecule has 0 radical (unpaired) electrons. The van der Waals surface area contributed by atoms with Gasteiger partial charge >= 0.3 is 0 Å². The lowest BCUT2D eigenvalue weighted by Crippen LogP contribution is -2.17. The molecule has 2 N–H and O–H groups in total. The van der Waals surface area contributed by atoms with Gasteiger partial charge in [0.25, 0.3) is 0 Å². The summed E-state index contributed by atoms with van der Waals surface area (Å²) in [5.74, 6) is 0.841. The first kappa shape index (κ1) is 18.9. The van der Waals surface area contributed by atoms with Crippen molar-refractivity contribution in [2.45, 2.75) is 20.3 Å². The molecule has 0 saturated carbocycles. The highest BCUT2D eigenvalue weighted by molar-refractivity contribution is 6.32. The fourth-order valence-corrected chi connectivity index (χ4v) is 2.65. The number of rotatable bonds is 7. The molecule has 0 unspecified atom stereocenters. The van der Waals surface area contributed by atoms with E-state index in [1.54, 1.807) is 12.1 Å². The molecule has 0 aliphatic heterocycles. The number of anilines is 2. The van der Waals surface area contributed by atoms with Gasteiger partial charge in [0.2, 0.25) is 5.91 Å². The second-order valence-electron chi connectivity index (χ2n) is 5.66. The molecule has 0 spiro atoms. The third-order valence-electron chi connectivity index (χ3n) is 4.02. The third kappa shape index (κ3) is 4.79. The number of ether oxygens (including phenoxy) is 2. The number of nitrogens with one attached hydrogen (secondary N) is 2. The molecular weight excluding hydrogens is 340 g/mol.